The van der Waals surface area contributed by atoms with Crippen molar-refractivity contribution >= 4 is 45.9 Å². The van der Waals surface area contributed by atoms with Gasteiger partial charge < -0.3 is 14.8 Å². The number of hydrogen-bond acceptors (Lipinski definition) is 7. The van der Waals surface area contributed by atoms with Crippen LogP contribution in [0.1, 0.15) is 41.1 Å². The average molecular weight is 371 g/mol. The van der Waals surface area contributed by atoms with Gasteiger partial charge >= 0.3 is 11.9 Å². The van der Waals surface area contributed by atoms with Crippen LogP contribution < -0.4 is 5.32 Å². The first-order valence-electron chi connectivity index (χ1n) is 7.91. The Bertz CT molecular complexity index is 626. The number of carbonyl (C=O) groups is 3. The van der Waals surface area contributed by atoms with E-state index in [-0.39, 0.29) is 29.4 Å². The fourth-order valence-corrected chi connectivity index (χ4v) is 4.41. The molecule has 132 valence electrons. The van der Waals surface area contributed by atoms with Crippen molar-refractivity contribution in [3.63, 3.8) is 0 Å². The molecule has 0 saturated heterocycles. The monoisotopic (exact) mass is 371 g/mol. The van der Waals surface area contributed by atoms with Crippen molar-refractivity contribution in [1.82, 2.24) is 0 Å². The van der Waals surface area contributed by atoms with Crippen LogP contribution in [0.2, 0.25) is 0 Å². The molecule has 0 aliphatic heterocycles. The van der Waals surface area contributed by atoms with Crippen molar-refractivity contribution < 1.29 is 23.9 Å². The number of fused-ring (bicyclic) bond motifs is 1. The summed E-state index contributed by atoms with van der Waals surface area (Å²) in [6.45, 7) is 4.12. The Kier molecular flexibility index (Phi) is 7.11. The van der Waals surface area contributed by atoms with Crippen molar-refractivity contribution in [3.8, 4) is 0 Å². The number of rotatable bonds is 8. The Morgan fingerprint density at radius 2 is 1.88 bits per heavy atom. The van der Waals surface area contributed by atoms with Gasteiger partial charge in [-0.2, -0.15) is 0 Å². The number of thiophene rings is 1. The maximum absolute atomic E-state index is 12.2. The van der Waals surface area contributed by atoms with Gasteiger partial charge in [0.25, 0.3) is 0 Å². The zero-order chi connectivity index (χ0) is 17.5. The first-order valence-corrected chi connectivity index (χ1v) is 9.88. The topological polar surface area (TPSA) is 81.7 Å². The lowest BCUT2D eigenvalue weighted by molar-refractivity contribution is -0.139. The standard InChI is InChI=1S/C16H21NO5S2/c1-3-21-13(19)9-23-8-12(18)17-15-14(16(20)22-4-2)10-6-5-7-11(10)24-15/h3-9H2,1-2H3,(H,17,18). The molecular formula is C16H21NO5S2. The van der Waals surface area contributed by atoms with Crippen LogP contribution in [-0.2, 0) is 31.9 Å². The van der Waals surface area contributed by atoms with E-state index in [2.05, 4.69) is 5.32 Å². The molecule has 0 saturated carbocycles. The molecule has 0 radical (unpaired) electrons. The summed E-state index contributed by atoms with van der Waals surface area (Å²) in [7, 11) is 0. The molecule has 0 bridgehead atoms. The van der Waals surface area contributed by atoms with Gasteiger partial charge in [0.2, 0.25) is 5.91 Å². The molecule has 1 aromatic heterocycles. The molecule has 1 aromatic rings. The van der Waals surface area contributed by atoms with Gasteiger partial charge in [0, 0.05) is 4.88 Å². The molecule has 2 rings (SSSR count). The number of nitrogens with one attached hydrogen (secondary N) is 1. The van der Waals surface area contributed by atoms with Crippen LogP contribution in [0.5, 0.6) is 0 Å². The van der Waals surface area contributed by atoms with Crippen LogP contribution in [-0.4, -0.2) is 42.6 Å². The summed E-state index contributed by atoms with van der Waals surface area (Å²) < 4.78 is 9.93. The molecule has 0 spiro atoms. The lowest BCUT2D eigenvalue weighted by atomic mass is 10.1. The molecule has 1 amide bonds. The second-order valence-corrected chi connectivity index (χ2v) is 7.22. The number of carbonyl (C=O) groups excluding carboxylic acids is 3. The molecule has 0 fully saturated rings. The van der Waals surface area contributed by atoms with Gasteiger partial charge in [0.1, 0.15) is 5.00 Å². The summed E-state index contributed by atoms with van der Waals surface area (Å²) in [4.78, 5) is 36.7. The summed E-state index contributed by atoms with van der Waals surface area (Å²) in [5.41, 5.74) is 1.51. The maximum Gasteiger partial charge on any atom is 0.341 e. The Morgan fingerprint density at radius 1 is 1.12 bits per heavy atom. The van der Waals surface area contributed by atoms with Crippen LogP contribution in [0.15, 0.2) is 0 Å². The minimum Gasteiger partial charge on any atom is -0.465 e. The average Bonchev–Trinajstić information content (AvgIpc) is 3.07. The zero-order valence-corrected chi connectivity index (χ0v) is 15.4. The van der Waals surface area contributed by atoms with Gasteiger partial charge in [-0.25, -0.2) is 4.79 Å². The van der Waals surface area contributed by atoms with E-state index in [1.807, 2.05) is 0 Å². The molecular weight excluding hydrogens is 350 g/mol. The van der Waals surface area contributed by atoms with Crippen molar-refractivity contribution in [2.24, 2.45) is 0 Å². The quantitative estimate of drug-likeness (QED) is 0.708. The van der Waals surface area contributed by atoms with E-state index in [4.69, 9.17) is 9.47 Å². The predicted molar refractivity (Wildman–Crippen MR) is 94.9 cm³/mol. The van der Waals surface area contributed by atoms with E-state index in [0.717, 1.165) is 29.7 Å². The third kappa shape index (κ3) is 4.73. The molecule has 1 aliphatic rings. The van der Waals surface area contributed by atoms with Crippen LogP contribution in [0.4, 0.5) is 5.00 Å². The highest BCUT2D eigenvalue weighted by Crippen LogP contribution is 2.39. The second-order valence-electron chi connectivity index (χ2n) is 5.13. The van der Waals surface area contributed by atoms with E-state index in [1.165, 1.54) is 23.1 Å². The molecule has 1 aliphatic carbocycles. The summed E-state index contributed by atoms with van der Waals surface area (Å²) in [5, 5.41) is 3.35. The highest BCUT2D eigenvalue weighted by atomic mass is 32.2. The molecule has 1 heterocycles. The van der Waals surface area contributed by atoms with Crippen molar-refractivity contribution in [2.75, 3.05) is 30.0 Å². The van der Waals surface area contributed by atoms with E-state index in [9.17, 15) is 14.4 Å². The minimum atomic E-state index is -0.383. The van der Waals surface area contributed by atoms with Crippen molar-refractivity contribution in [2.45, 2.75) is 33.1 Å². The fourth-order valence-electron chi connectivity index (χ4n) is 2.50. The van der Waals surface area contributed by atoms with Gasteiger partial charge in [-0.05, 0) is 38.7 Å². The van der Waals surface area contributed by atoms with Gasteiger partial charge in [-0.3, -0.25) is 9.59 Å². The summed E-state index contributed by atoms with van der Waals surface area (Å²) in [6.07, 6.45) is 2.80. The third-order valence-corrected chi connectivity index (χ3v) is 5.53. The maximum atomic E-state index is 12.2. The number of hydrogen-bond donors (Lipinski definition) is 1. The van der Waals surface area contributed by atoms with Gasteiger partial charge in [-0.15, -0.1) is 23.1 Å². The zero-order valence-electron chi connectivity index (χ0n) is 13.8. The van der Waals surface area contributed by atoms with Crippen LogP contribution >= 0.6 is 23.1 Å². The Hall–Kier alpha value is -1.54. The Balaban J connectivity index is 1.98. The first kappa shape index (κ1) is 18.8. The lowest BCUT2D eigenvalue weighted by Gasteiger charge is -2.08. The highest BCUT2D eigenvalue weighted by Gasteiger charge is 2.28. The number of aryl methyl sites for hydroxylation is 1. The normalized spacial score (nSPS) is 12.6. The number of thioether (sulfide) groups is 1. The van der Waals surface area contributed by atoms with E-state index in [0.29, 0.717) is 23.8 Å². The minimum absolute atomic E-state index is 0.129. The smallest absolute Gasteiger partial charge is 0.341 e. The third-order valence-electron chi connectivity index (χ3n) is 3.41. The van der Waals surface area contributed by atoms with Gasteiger partial charge in [-0.1, -0.05) is 0 Å². The van der Waals surface area contributed by atoms with Crippen LogP contribution in [0.25, 0.3) is 0 Å². The number of ether oxygens (including phenoxy) is 2. The second kappa shape index (κ2) is 9.08. The molecule has 24 heavy (non-hydrogen) atoms. The van der Waals surface area contributed by atoms with E-state index in [1.54, 1.807) is 13.8 Å². The first-order chi connectivity index (χ1) is 11.6. The Labute approximate surface area is 149 Å². The molecule has 8 heteroatoms. The van der Waals surface area contributed by atoms with Crippen LogP contribution in [0.3, 0.4) is 0 Å². The number of anilines is 1. The predicted octanol–water partition coefficient (Wildman–Crippen LogP) is 2.65. The van der Waals surface area contributed by atoms with Gasteiger partial charge in [0.05, 0.1) is 30.3 Å². The summed E-state index contributed by atoms with van der Waals surface area (Å²) in [6, 6.07) is 0. The number of amides is 1. The molecule has 0 aromatic carbocycles. The lowest BCUT2D eigenvalue weighted by Crippen LogP contribution is -2.18. The van der Waals surface area contributed by atoms with E-state index >= 15 is 0 Å². The molecule has 0 atom stereocenters. The SMILES string of the molecule is CCOC(=O)CSCC(=O)Nc1sc2c(c1C(=O)OCC)CCC2. The van der Waals surface area contributed by atoms with E-state index < -0.39 is 0 Å². The number of esters is 2. The molecule has 6 nitrogen and oxygen atoms in total. The largest absolute Gasteiger partial charge is 0.465 e. The van der Waals surface area contributed by atoms with Crippen molar-refractivity contribution in [1.29, 1.82) is 0 Å². The van der Waals surface area contributed by atoms with Crippen LogP contribution in [0, 0.1) is 0 Å². The molecule has 0 unspecified atom stereocenters. The van der Waals surface area contributed by atoms with Gasteiger partial charge in [0.15, 0.2) is 0 Å². The summed E-state index contributed by atoms with van der Waals surface area (Å²) >= 11 is 2.63. The molecule has 1 N–H and O–H groups in total. The highest BCUT2D eigenvalue weighted by molar-refractivity contribution is 8.00. The Morgan fingerprint density at radius 3 is 2.58 bits per heavy atom. The van der Waals surface area contributed by atoms with Crippen molar-refractivity contribution in [3.05, 3.63) is 16.0 Å². The summed E-state index contributed by atoms with van der Waals surface area (Å²) in [5.74, 6) is -0.699. The fraction of sp³-hybridized carbons (Fsp3) is 0.562.